The molecule has 3 heterocycles. The predicted molar refractivity (Wildman–Crippen MR) is 132 cm³/mol. The Morgan fingerprint density at radius 2 is 1.65 bits per heavy atom. The van der Waals surface area contributed by atoms with Crippen molar-refractivity contribution in [2.75, 3.05) is 6.61 Å². The zero-order valence-electron chi connectivity index (χ0n) is 19.6. The summed E-state index contributed by atoms with van der Waals surface area (Å²) in [5.74, 6) is 0.246. The fourth-order valence-electron chi connectivity index (χ4n) is 4.32. The maximum absolute atomic E-state index is 13.7. The molecule has 5 rings (SSSR count). The first kappa shape index (κ1) is 21.8. The van der Waals surface area contributed by atoms with Crippen LogP contribution in [-0.2, 0) is 4.74 Å². The molecular weight excluding hydrogens is 430 g/mol. The molecule has 0 amide bonds. The molecule has 34 heavy (non-hydrogen) atoms. The van der Waals surface area contributed by atoms with Gasteiger partial charge in [-0.05, 0) is 63.6 Å². The largest absolute Gasteiger partial charge is 0.462 e. The maximum atomic E-state index is 13.7. The second kappa shape index (κ2) is 8.37. The molecule has 0 saturated carbocycles. The van der Waals surface area contributed by atoms with Crippen molar-refractivity contribution in [1.29, 1.82) is 0 Å². The molecule has 8 nitrogen and oxygen atoms in total. The number of esters is 1. The van der Waals surface area contributed by atoms with Gasteiger partial charge in [-0.1, -0.05) is 19.1 Å². The highest BCUT2D eigenvalue weighted by Gasteiger charge is 2.23. The Bertz CT molecular complexity index is 1620. The predicted octanol–water partition coefficient (Wildman–Crippen LogP) is 4.74. The lowest BCUT2D eigenvalue weighted by molar-refractivity contribution is 0.0526. The lowest BCUT2D eigenvalue weighted by Crippen LogP contribution is -2.26. The smallest absolute Gasteiger partial charge is 0.338 e. The standard InChI is InChI=1S/C26H25N5O3/c1-5-15(3)30-16(4)27-23-21(25(30)32)22-24(29-20-10-8-7-9-19(20)28-22)31(23)18-13-11-17(12-14-18)26(33)34-6-2/h7-15H,5-6H2,1-4H3/t15-/m0/s1. The summed E-state index contributed by atoms with van der Waals surface area (Å²) in [6.45, 7) is 7.98. The monoisotopic (exact) mass is 455 g/mol. The van der Waals surface area contributed by atoms with E-state index in [1.54, 1.807) is 35.8 Å². The molecule has 1 atom stereocenters. The summed E-state index contributed by atoms with van der Waals surface area (Å²) in [6, 6.07) is 14.6. The van der Waals surface area contributed by atoms with Gasteiger partial charge in [0.15, 0.2) is 11.3 Å². The topological polar surface area (TPSA) is 91.9 Å². The van der Waals surface area contributed by atoms with Gasteiger partial charge in [-0.3, -0.25) is 13.9 Å². The number of ether oxygens (including phenoxy) is 1. The molecule has 172 valence electrons. The third kappa shape index (κ3) is 3.34. The van der Waals surface area contributed by atoms with E-state index in [0.29, 0.717) is 45.7 Å². The van der Waals surface area contributed by atoms with Crippen molar-refractivity contribution in [2.45, 2.75) is 40.2 Å². The summed E-state index contributed by atoms with van der Waals surface area (Å²) >= 11 is 0. The van der Waals surface area contributed by atoms with Crippen LogP contribution in [0.3, 0.4) is 0 Å². The number of aryl methyl sites for hydroxylation is 1. The molecule has 3 aromatic heterocycles. The van der Waals surface area contributed by atoms with Gasteiger partial charge in [-0.15, -0.1) is 0 Å². The Balaban J connectivity index is 1.87. The molecule has 0 radical (unpaired) electrons. The normalized spacial score (nSPS) is 12.5. The number of benzene rings is 2. The molecule has 5 aromatic rings. The molecule has 0 aliphatic carbocycles. The minimum Gasteiger partial charge on any atom is -0.462 e. The van der Waals surface area contributed by atoms with E-state index in [4.69, 9.17) is 19.7 Å². The van der Waals surface area contributed by atoms with E-state index in [0.717, 1.165) is 17.6 Å². The van der Waals surface area contributed by atoms with Gasteiger partial charge in [-0.25, -0.2) is 19.7 Å². The molecule has 0 aliphatic heterocycles. The summed E-state index contributed by atoms with van der Waals surface area (Å²) in [7, 11) is 0. The number of hydrogen-bond donors (Lipinski definition) is 0. The van der Waals surface area contributed by atoms with E-state index in [2.05, 4.69) is 0 Å². The van der Waals surface area contributed by atoms with Gasteiger partial charge < -0.3 is 4.74 Å². The molecule has 0 aliphatic rings. The van der Waals surface area contributed by atoms with Crippen LogP contribution in [0.15, 0.2) is 53.3 Å². The fraction of sp³-hybridized carbons (Fsp3) is 0.269. The van der Waals surface area contributed by atoms with Crippen LogP contribution in [0.4, 0.5) is 0 Å². The fourth-order valence-corrected chi connectivity index (χ4v) is 4.32. The lowest BCUT2D eigenvalue weighted by atomic mass is 10.2. The van der Waals surface area contributed by atoms with Gasteiger partial charge in [0.05, 0.1) is 23.2 Å². The summed E-state index contributed by atoms with van der Waals surface area (Å²) in [4.78, 5) is 40.4. The second-order valence-electron chi connectivity index (χ2n) is 8.28. The molecule has 0 unspecified atom stereocenters. The van der Waals surface area contributed by atoms with Gasteiger partial charge >= 0.3 is 5.97 Å². The van der Waals surface area contributed by atoms with E-state index in [-0.39, 0.29) is 17.6 Å². The van der Waals surface area contributed by atoms with Crippen molar-refractivity contribution in [3.63, 3.8) is 0 Å². The van der Waals surface area contributed by atoms with Crippen molar-refractivity contribution in [1.82, 2.24) is 24.1 Å². The van der Waals surface area contributed by atoms with E-state index >= 15 is 0 Å². The summed E-state index contributed by atoms with van der Waals surface area (Å²) in [5, 5.41) is 0.439. The van der Waals surface area contributed by atoms with E-state index < -0.39 is 0 Å². The van der Waals surface area contributed by atoms with Crippen LogP contribution in [0.2, 0.25) is 0 Å². The molecule has 0 spiro atoms. The minimum atomic E-state index is -0.382. The van der Waals surface area contributed by atoms with Crippen molar-refractivity contribution < 1.29 is 9.53 Å². The number of carbonyl (C=O) groups excluding carboxylic acids is 1. The first-order valence-corrected chi connectivity index (χ1v) is 11.4. The van der Waals surface area contributed by atoms with Crippen molar-refractivity contribution in [3.05, 3.63) is 70.3 Å². The van der Waals surface area contributed by atoms with Crippen LogP contribution in [0.1, 0.15) is 49.4 Å². The number of aromatic nitrogens is 5. The Morgan fingerprint density at radius 1 is 0.971 bits per heavy atom. The lowest BCUT2D eigenvalue weighted by Gasteiger charge is -2.16. The molecule has 0 bridgehead atoms. The zero-order valence-corrected chi connectivity index (χ0v) is 19.6. The first-order valence-electron chi connectivity index (χ1n) is 11.4. The average Bonchev–Trinajstić information content (AvgIpc) is 3.15. The van der Waals surface area contributed by atoms with Gasteiger partial charge in [0.1, 0.15) is 16.7 Å². The summed E-state index contributed by atoms with van der Waals surface area (Å²) in [6.07, 6.45) is 0.802. The van der Waals surface area contributed by atoms with Gasteiger partial charge in [0, 0.05) is 11.7 Å². The van der Waals surface area contributed by atoms with E-state index in [9.17, 15) is 9.59 Å². The van der Waals surface area contributed by atoms with Crippen LogP contribution in [-0.4, -0.2) is 36.7 Å². The Labute approximate surface area is 195 Å². The highest BCUT2D eigenvalue weighted by Crippen LogP contribution is 2.29. The molecule has 0 fully saturated rings. The number of hydrogen-bond acceptors (Lipinski definition) is 6. The highest BCUT2D eigenvalue weighted by molar-refractivity contribution is 6.06. The van der Waals surface area contributed by atoms with E-state index in [1.165, 1.54) is 0 Å². The maximum Gasteiger partial charge on any atom is 0.338 e. The van der Waals surface area contributed by atoms with Crippen molar-refractivity contribution in [2.24, 2.45) is 0 Å². The molecule has 0 saturated heterocycles. The Hall–Kier alpha value is -4.07. The third-order valence-electron chi connectivity index (χ3n) is 6.15. The second-order valence-corrected chi connectivity index (χ2v) is 8.28. The third-order valence-corrected chi connectivity index (χ3v) is 6.15. The van der Waals surface area contributed by atoms with Gasteiger partial charge in [0.2, 0.25) is 0 Å². The molecule has 8 heteroatoms. The zero-order chi connectivity index (χ0) is 24.0. The molecule has 0 N–H and O–H groups in total. The van der Waals surface area contributed by atoms with E-state index in [1.807, 2.05) is 49.6 Å². The first-order chi connectivity index (χ1) is 16.4. The molecule has 2 aromatic carbocycles. The minimum absolute atomic E-state index is 0.0000714. The highest BCUT2D eigenvalue weighted by atomic mass is 16.5. The average molecular weight is 456 g/mol. The van der Waals surface area contributed by atoms with Crippen LogP contribution in [0, 0.1) is 6.92 Å². The SMILES string of the molecule is CCOC(=O)c1ccc(-n2c3nc4ccccc4nc3c3c(=O)n([C@@H](C)CC)c(C)nc32)cc1. The van der Waals surface area contributed by atoms with Crippen LogP contribution >= 0.6 is 0 Å². The Kier molecular flexibility index (Phi) is 5.36. The van der Waals surface area contributed by atoms with Crippen LogP contribution in [0.5, 0.6) is 0 Å². The number of fused-ring (bicyclic) bond motifs is 4. The number of carbonyl (C=O) groups is 1. The van der Waals surface area contributed by atoms with Gasteiger partial charge in [-0.2, -0.15) is 0 Å². The number of para-hydroxylation sites is 2. The summed E-state index contributed by atoms with van der Waals surface area (Å²) in [5.41, 5.74) is 4.03. The quantitative estimate of drug-likeness (QED) is 0.356. The molecular formula is C26H25N5O3. The van der Waals surface area contributed by atoms with Gasteiger partial charge in [0.25, 0.3) is 5.56 Å². The van der Waals surface area contributed by atoms with Crippen molar-refractivity contribution in [3.8, 4) is 5.69 Å². The number of rotatable bonds is 5. The van der Waals surface area contributed by atoms with Crippen LogP contribution in [0.25, 0.3) is 38.9 Å². The summed E-state index contributed by atoms with van der Waals surface area (Å²) < 4.78 is 8.67. The number of nitrogens with zero attached hydrogens (tertiary/aromatic N) is 5. The van der Waals surface area contributed by atoms with Crippen LogP contribution < -0.4 is 5.56 Å². The Morgan fingerprint density at radius 3 is 2.29 bits per heavy atom. The van der Waals surface area contributed by atoms with Crippen molar-refractivity contribution >= 4 is 39.2 Å².